The van der Waals surface area contributed by atoms with Crippen LogP contribution in [0.15, 0.2) is 0 Å². The van der Waals surface area contributed by atoms with Gasteiger partial charge in [-0.25, -0.2) is 0 Å². The fourth-order valence-corrected chi connectivity index (χ4v) is 0. The average molecular weight is 386 g/mol. The number of rotatable bonds is 0. The molecule has 16 heavy (non-hydrogen) atoms. The van der Waals surface area contributed by atoms with E-state index < -0.39 is 0 Å². The Balaban J connectivity index is 0. The topological polar surface area (TPSA) is 177 Å². The predicted molar refractivity (Wildman–Crippen MR) is 97.6 cm³/mol. The summed E-state index contributed by atoms with van der Waals surface area (Å²) in [6.07, 6.45) is 0. The molecule has 0 aliphatic rings. The van der Waals surface area contributed by atoms with Crippen LogP contribution in [0.5, 0.6) is 0 Å². The Morgan fingerprint density at radius 1 is 0.250 bits per heavy atom. The van der Waals surface area contributed by atoms with Gasteiger partial charge in [-0.2, -0.15) is 0 Å². The van der Waals surface area contributed by atoms with Crippen molar-refractivity contribution in [3.05, 3.63) is 18.5 Å². The molecule has 0 rings (SSSR count). The molecule has 0 heterocycles. The van der Waals surface area contributed by atoms with Crippen molar-refractivity contribution in [2.24, 2.45) is 0 Å². The fraction of sp³-hybridized carbons (Fsp3) is 0. The van der Waals surface area contributed by atoms with Gasteiger partial charge < -0.3 is 34.9 Å². The van der Waals surface area contributed by atoms with Crippen LogP contribution in [0.4, 0.5) is 0 Å². The van der Waals surface area contributed by atoms with Crippen molar-refractivity contribution in [3.63, 3.8) is 0 Å². The quantitative estimate of drug-likeness (QED) is 0.360. The molecule has 0 aromatic heterocycles. The van der Waals surface area contributed by atoms with Gasteiger partial charge in [-0.05, 0) is 54.8 Å². The Kier molecular flexibility index (Phi) is 15700. The van der Waals surface area contributed by atoms with Crippen LogP contribution in [0, 0.1) is 0 Å². The van der Waals surface area contributed by atoms with E-state index in [2.05, 4.69) is 0 Å². The van der Waals surface area contributed by atoms with Crippen molar-refractivity contribution >= 4 is 142 Å². The smallest absolute Gasteiger partial charge is 3.00 e. The first kappa shape index (κ1) is 543. The van der Waals surface area contributed by atoms with Crippen molar-refractivity contribution < 1.29 is 16.4 Å². The summed E-state index contributed by atoms with van der Waals surface area (Å²) in [6.45, 7) is 0. The molecule has 0 saturated heterocycles. The van der Waals surface area contributed by atoms with E-state index in [1.807, 2.05) is 0 Å². The van der Waals surface area contributed by atoms with Gasteiger partial charge in [0.15, 0.2) is 0 Å². The second-order valence-corrected chi connectivity index (χ2v) is 0. The van der Waals surface area contributed by atoms with Gasteiger partial charge in [-0.1, -0.05) is 0 Å². The molecule has 0 spiro atoms. The van der Waals surface area contributed by atoms with Gasteiger partial charge in [-0.3, -0.25) is 0 Å². The molecule has 0 bridgehead atoms. The molecule has 0 aliphatic heterocycles. The maximum Gasteiger partial charge on any atom is 3.00 e. The largest absolute Gasteiger partial charge is 3.00 e. The molecule has 0 aliphatic carbocycles. The van der Waals surface area contributed by atoms with Gasteiger partial charge in [0, 0.05) is 0 Å². The number of hydrogen-bond donors (Lipinski definition) is 0. The maximum atomic E-state index is 0. The molecule has 0 radical (unpaired) electrons. The summed E-state index contributed by atoms with van der Waals surface area (Å²) in [6, 6.07) is 0. The molecular weight excluding hydrogens is 365 g/mol. The minimum Gasteiger partial charge on any atom is -3.00 e. The predicted octanol–water partition coefficient (Wildman–Crippen LogP) is -8.65. The van der Waals surface area contributed by atoms with Crippen molar-refractivity contribution in [2.45, 2.75) is 0 Å². The summed E-state index contributed by atoms with van der Waals surface area (Å²) in [5.74, 6) is 0. The molecule has 0 aromatic rings. The van der Waals surface area contributed by atoms with E-state index in [-0.39, 0.29) is 177 Å². The van der Waals surface area contributed by atoms with Crippen LogP contribution in [0.1, 0.15) is 0 Å². The van der Waals surface area contributed by atoms with E-state index >= 15 is 0 Å². The SMILES string of the molecule is [Al+3].[Al+3].[Al+3].[Al+3].[Al+3].[N-3].[N-3].[N-3].[O-2].[O-2].[O-2].[SiH4].[SiH4].[SiH4].[SiH4].[SiH4]. The van der Waals surface area contributed by atoms with Crippen LogP contribution < -0.4 is 0 Å². The molecule has 0 N–H and O–H groups in total. The first-order chi connectivity index (χ1) is 0. The molecule has 0 unspecified atom stereocenters. The van der Waals surface area contributed by atoms with Crippen molar-refractivity contribution in [1.29, 1.82) is 0 Å². The average Bonchev–Trinajstić information content (AvgIpc) is 0. The fourth-order valence-electron chi connectivity index (χ4n) is 0. The summed E-state index contributed by atoms with van der Waals surface area (Å²) in [4.78, 5) is 0. The van der Waals surface area contributed by atoms with Gasteiger partial charge in [0.2, 0.25) is 0 Å². The van der Waals surface area contributed by atoms with Crippen LogP contribution in [-0.2, 0) is 16.4 Å². The summed E-state index contributed by atoms with van der Waals surface area (Å²) in [5, 5.41) is 0. The first-order valence-electron chi connectivity index (χ1n) is 0. The Bertz CT molecular complexity index is 31.3. The Hall–Kier alpha value is 3.51. The first-order valence-corrected chi connectivity index (χ1v) is 0. The van der Waals surface area contributed by atoms with Gasteiger partial charge in [0.05, 0.1) is 0 Å². The molecule has 0 amide bonds. The molecular formula is H20Al5N3O3Si5. The summed E-state index contributed by atoms with van der Waals surface area (Å²) in [5.41, 5.74) is 0. The Morgan fingerprint density at radius 3 is 0.250 bits per heavy atom. The molecule has 0 aromatic carbocycles. The van der Waals surface area contributed by atoms with Gasteiger partial charge in [0.1, 0.15) is 0 Å². The molecule has 0 atom stereocenters. The van der Waals surface area contributed by atoms with Gasteiger partial charge >= 0.3 is 86.8 Å². The van der Waals surface area contributed by atoms with Crippen molar-refractivity contribution in [3.8, 4) is 0 Å². The maximum absolute atomic E-state index is 0. The van der Waals surface area contributed by atoms with E-state index in [4.69, 9.17) is 0 Å². The molecule has 6 nitrogen and oxygen atoms in total. The minimum absolute atomic E-state index is 0. The molecule has 0 fully saturated rings. The second-order valence-electron chi connectivity index (χ2n) is 0. The molecule has 88 valence electrons. The summed E-state index contributed by atoms with van der Waals surface area (Å²) in [7, 11) is 0. The monoisotopic (exact) mass is 385 g/mol. The number of hydrogen-bond acceptors (Lipinski definition) is 0. The second kappa shape index (κ2) is 461. The van der Waals surface area contributed by atoms with Crippen molar-refractivity contribution in [2.75, 3.05) is 0 Å². The standard InChI is InChI=1S/5Al.3N.3O.5H4Si/h;;;;;;;;;;;5*1H4/q5*+3;3*-3;3*-2;;;;;. The Labute approximate surface area is 174 Å². The molecule has 16 heteroatoms. The zero-order chi connectivity index (χ0) is 0. The third-order valence-electron chi connectivity index (χ3n) is 0. The third-order valence-corrected chi connectivity index (χ3v) is 0. The third kappa shape index (κ3) is 388. The Morgan fingerprint density at radius 2 is 0.250 bits per heavy atom. The van der Waals surface area contributed by atoms with Crippen LogP contribution in [0.3, 0.4) is 0 Å². The van der Waals surface area contributed by atoms with E-state index in [1.54, 1.807) is 0 Å². The van der Waals surface area contributed by atoms with Crippen LogP contribution >= 0.6 is 0 Å². The van der Waals surface area contributed by atoms with Crippen LogP contribution in [0.25, 0.3) is 18.5 Å². The van der Waals surface area contributed by atoms with Crippen LogP contribution in [0.2, 0.25) is 0 Å². The van der Waals surface area contributed by atoms with E-state index in [1.165, 1.54) is 0 Å². The summed E-state index contributed by atoms with van der Waals surface area (Å²) >= 11 is 0. The van der Waals surface area contributed by atoms with Crippen molar-refractivity contribution in [1.82, 2.24) is 0 Å². The van der Waals surface area contributed by atoms with Gasteiger partial charge in [-0.15, -0.1) is 0 Å². The van der Waals surface area contributed by atoms with Crippen LogP contribution in [-0.4, -0.2) is 142 Å². The van der Waals surface area contributed by atoms with E-state index in [0.29, 0.717) is 0 Å². The zero-order valence-corrected chi connectivity index (χ0v) is 11.2. The van der Waals surface area contributed by atoms with E-state index in [0.717, 1.165) is 0 Å². The molecule has 0 saturated carbocycles. The normalized spacial score (nSPS) is 0. The zero-order valence-electron chi connectivity index (χ0n) is 5.45. The van der Waals surface area contributed by atoms with Gasteiger partial charge in [0.25, 0.3) is 0 Å². The minimum atomic E-state index is 0. The number of nitrogens with zero attached hydrogens (tertiary/aromatic N) is 3. The van der Waals surface area contributed by atoms with E-state index in [9.17, 15) is 0 Å². The summed E-state index contributed by atoms with van der Waals surface area (Å²) < 4.78 is 0.